The van der Waals surface area contributed by atoms with E-state index in [1.54, 1.807) is 0 Å². The van der Waals surface area contributed by atoms with Crippen molar-refractivity contribution in [2.24, 2.45) is 0 Å². The third-order valence-corrected chi connectivity index (χ3v) is 2.57. The number of hydrogen-bond donors (Lipinski definition) is 2. The van der Waals surface area contributed by atoms with Crippen LogP contribution in [0.4, 0.5) is 0 Å². The average molecular weight is 239 g/mol. The van der Waals surface area contributed by atoms with E-state index < -0.39 is 12.4 Å². The molecule has 0 heterocycles. The quantitative estimate of drug-likeness (QED) is 0.528. The van der Waals surface area contributed by atoms with E-state index in [2.05, 4.69) is 17.4 Å². The summed E-state index contributed by atoms with van der Waals surface area (Å²) in [7, 11) is 3.05. The summed E-state index contributed by atoms with van der Waals surface area (Å²) in [5.74, 6) is 0. The van der Waals surface area contributed by atoms with Gasteiger partial charge in [0.1, 0.15) is 6.10 Å². The van der Waals surface area contributed by atoms with Gasteiger partial charge in [0, 0.05) is 20.8 Å². The van der Waals surface area contributed by atoms with Crippen LogP contribution in [-0.4, -0.2) is 38.3 Å². The zero-order chi connectivity index (χ0) is 12.5. The maximum absolute atomic E-state index is 9.72. The Labute approximate surface area is 103 Å². The molecule has 0 amide bonds. The van der Waals surface area contributed by atoms with Crippen molar-refractivity contribution in [3.05, 3.63) is 35.9 Å². The third-order valence-electron chi connectivity index (χ3n) is 2.57. The fraction of sp³-hybridized carbons (Fsp3) is 0.538. The first-order chi connectivity index (χ1) is 8.27. The predicted molar refractivity (Wildman–Crippen MR) is 66.6 cm³/mol. The molecule has 0 bridgehead atoms. The highest BCUT2D eigenvalue weighted by molar-refractivity contribution is 5.14. The summed E-state index contributed by atoms with van der Waals surface area (Å²) in [6, 6.07) is 10.2. The number of ether oxygens (including phenoxy) is 2. The number of rotatable bonds is 8. The van der Waals surface area contributed by atoms with Crippen LogP contribution in [0.5, 0.6) is 0 Å². The van der Waals surface area contributed by atoms with Gasteiger partial charge in [0.05, 0.1) is 0 Å². The van der Waals surface area contributed by atoms with Gasteiger partial charge in [0.2, 0.25) is 0 Å². The Bertz CT molecular complexity index is 288. The van der Waals surface area contributed by atoms with Gasteiger partial charge in [-0.1, -0.05) is 30.3 Å². The highest BCUT2D eigenvalue weighted by atomic mass is 16.7. The van der Waals surface area contributed by atoms with Crippen LogP contribution in [0.2, 0.25) is 0 Å². The topological polar surface area (TPSA) is 50.7 Å². The van der Waals surface area contributed by atoms with Gasteiger partial charge in [-0.3, -0.25) is 0 Å². The van der Waals surface area contributed by atoms with Crippen molar-refractivity contribution < 1.29 is 14.6 Å². The second kappa shape index (κ2) is 8.20. The molecule has 1 aromatic rings. The van der Waals surface area contributed by atoms with Gasteiger partial charge >= 0.3 is 0 Å². The Hall–Kier alpha value is -0.940. The number of aliphatic hydroxyl groups excluding tert-OH is 1. The minimum atomic E-state index is -0.603. The van der Waals surface area contributed by atoms with Gasteiger partial charge in [-0.25, -0.2) is 0 Å². The zero-order valence-corrected chi connectivity index (χ0v) is 10.4. The van der Waals surface area contributed by atoms with E-state index in [9.17, 15) is 5.11 Å². The fourth-order valence-corrected chi connectivity index (χ4v) is 1.63. The lowest BCUT2D eigenvalue weighted by Crippen LogP contribution is -2.32. The highest BCUT2D eigenvalue weighted by Gasteiger charge is 2.16. The van der Waals surface area contributed by atoms with Gasteiger partial charge in [-0.05, 0) is 18.5 Å². The molecule has 0 aliphatic rings. The molecule has 0 aromatic heterocycles. The first kappa shape index (κ1) is 14.1. The van der Waals surface area contributed by atoms with Crippen LogP contribution >= 0.6 is 0 Å². The second-order valence-corrected chi connectivity index (χ2v) is 3.86. The monoisotopic (exact) mass is 239 g/mol. The summed E-state index contributed by atoms with van der Waals surface area (Å²) in [6.45, 7) is 1.53. The molecule has 0 saturated heterocycles. The molecule has 1 aromatic carbocycles. The molecule has 0 spiro atoms. The van der Waals surface area contributed by atoms with E-state index in [-0.39, 0.29) is 0 Å². The molecule has 1 atom stereocenters. The normalized spacial score (nSPS) is 12.9. The maximum Gasteiger partial charge on any atom is 0.182 e. The van der Waals surface area contributed by atoms with Crippen LogP contribution in [0.1, 0.15) is 12.0 Å². The summed E-state index contributed by atoms with van der Waals surface area (Å²) >= 11 is 0. The minimum absolute atomic E-state index is 0.548. The molecule has 4 nitrogen and oxygen atoms in total. The standard InChI is InChI=1S/C13H21NO3/c1-16-13(17-2)12(15)8-9-14-10-11-6-4-3-5-7-11/h3-7,12-15H,8-10H2,1-2H3. The smallest absolute Gasteiger partial charge is 0.182 e. The van der Waals surface area contributed by atoms with Crippen molar-refractivity contribution in [1.29, 1.82) is 0 Å². The van der Waals surface area contributed by atoms with Crippen molar-refractivity contribution in [2.75, 3.05) is 20.8 Å². The Morgan fingerprint density at radius 1 is 1.18 bits per heavy atom. The first-order valence-electron chi connectivity index (χ1n) is 5.76. The molecule has 0 aliphatic carbocycles. The van der Waals surface area contributed by atoms with Crippen molar-refractivity contribution in [3.8, 4) is 0 Å². The predicted octanol–water partition coefficient (Wildman–Crippen LogP) is 1.15. The summed E-state index contributed by atoms with van der Waals surface area (Å²) in [4.78, 5) is 0. The van der Waals surface area contributed by atoms with Crippen molar-refractivity contribution in [3.63, 3.8) is 0 Å². The molecule has 4 heteroatoms. The van der Waals surface area contributed by atoms with Crippen LogP contribution in [-0.2, 0) is 16.0 Å². The molecule has 96 valence electrons. The SMILES string of the molecule is COC(OC)C(O)CCNCc1ccccc1. The number of aliphatic hydroxyl groups is 1. The molecular weight excluding hydrogens is 218 g/mol. The lowest BCUT2D eigenvalue weighted by Gasteiger charge is -2.19. The number of methoxy groups -OCH3 is 2. The summed E-state index contributed by atoms with van der Waals surface area (Å²) < 4.78 is 9.95. The van der Waals surface area contributed by atoms with Crippen molar-refractivity contribution in [1.82, 2.24) is 5.32 Å². The first-order valence-corrected chi connectivity index (χ1v) is 5.76. The van der Waals surface area contributed by atoms with Gasteiger partial charge in [0.25, 0.3) is 0 Å². The lowest BCUT2D eigenvalue weighted by atomic mass is 10.2. The molecule has 0 saturated carbocycles. The van der Waals surface area contributed by atoms with Gasteiger partial charge in [0.15, 0.2) is 6.29 Å². The van der Waals surface area contributed by atoms with Crippen LogP contribution in [0, 0.1) is 0 Å². The Balaban J connectivity index is 2.16. The Morgan fingerprint density at radius 2 is 1.82 bits per heavy atom. The van der Waals surface area contributed by atoms with Gasteiger partial charge in [-0.15, -0.1) is 0 Å². The number of benzene rings is 1. The lowest BCUT2D eigenvalue weighted by molar-refractivity contribution is -0.165. The highest BCUT2D eigenvalue weighted by Crippen LogP contribution is 2.03. The molecule has 17 heavy (non-hydrogen) atoms. The molecule has 0 aliphatic heterocycles. The molecule has 1 unspecified atom stereocenters. The fourth-order valence-electron chi connectivity index (χ4n) is 1.63. The summed E-state index contributed by atoms with van der Waals surface area (Å²) in [5.41, 5.74) is 1.23. The summed E-state index contributed by atoms with van der Waals surface area (Å²) in [5, 5.41) is 13.0. The number of hydrogen-bond acceptors (Lipinski definition) is 4. The number of nitrogens with one attached hydrogen (secondary N) is 1. The van der Waals surface area contributed by atoms with E-state index in [1.165, 1.54) is 19.8 Å². The van der Waals surface area contributed by atoms with Crippen LogP contribution < -0.4 is 5.32 Å². The Morgan fingerprint density at radius 3 is 2.41 bits per heavy atom. The van der Waals surface area contributed by atoms with E-state index in [4.69, 9.17) is 9.47 Å². The Kier molecular flexibility index (Phi) is 6.81. The summed E-state index contributed by atoms with van der Waals surface area (Å²) in [6.07, 6.45) is -0.555. The zero-order valence-electron chi connectivity index (χ0n) is 10.4. The largest absolute Gasteiger partial charge is 0.388 e. The van der Waals surface area contributed by atoms with Gasteiger partial charge < -0.3 is 19.9 Å². The molecule has 1 rings (SSSR count). The van der Waals surface area contributed by atoms with E-state index >= 15 is 0 Å². The molecule has 0 fully saturated rings. The van der Waals surface area contributed by atoms with Crippen LogP contribution in [0.25, 0.3) is 0 Å². The van der Waals surface area contributed by atoms with E-state index in [0.29, 0.717) is 6.42 Å². The second-order valence-electron chi connectivity index (χ2n) is 3.86. The van der Waals surface area contributed by atoms with Crippen LogP contribution in [0.3, 0.4) is 0 Å². The van der Waals surface area contributed by atoms with Crippen molar-refractivity contribution in [2.45, 2.75) is 25.4 Å². The molecule has 2 N–H and O–H groups in total. The van der Waals surface area contributed by atoms with E-state index in [1.807, 2.05) is 18.2 Å². The average Bonchev–Trinajstić information content (AvgIpc) is 2.37. The molecule has 0 radical (unpaired) electrons. The molecular formula is C13H21NO3. The minimum Gasteiger partial charge on any atom is -0.388 e. The van der Waals surface area contributed by atoms with Crippen molar-refractivity contribution >= 4 is 0 Å². The van der Waals surface area contributed by atoms with Gasteiger partial charge in [-0.2, -0.15) is 0 Å². The van der Waals surface area contributed by atoms with E-state index in [0.717, 1.165) is 13.1 Å². The van der Waals surface area contributed by atoms with Crippen LogP contribution in [0.15, 0.2) is 30.3 Å². The maximum atomic E-state index is 9.72. The third kappa shape index (κ3) is 5.28.